The molecule has 0 radical (unpaired) electrons. The van der Waals surface area contributed by atoms with Crippen LogP contribution in [0.3, 0.4) is 0 Å². The number of methoxy groups -OCH3 is 2. The summed E-state index contributed by atoms with van der Waals surface area (Å²) >= 11 is 0. The van der Waals surface area contributed by atoms with Gasteiger partial charge in [0, 0.05) is 48.4 Å². The van der Waals surface area contributed by atoms with Gasteiger partial charge in [-0.2, -0.15) is 0 Å². The predicted molar refractivity (Wildman–Crippen MR) is 130 cm³/mol. The van der Waals surface area contributed by atoms with Crippen LogP contribution in [0.25, 0.3) is 10.9 Å². The predicted octanol–water partition coefficient (Wildman–Crippen LogP) is 4.98. The van der Waals surface area contributed by atoms with Crippen molar-refractivity contribution < 1.29 is 14.3 Å². The van der Waals surface area contributed by atoms with Gasteiger partial charge in [0.2, 0.25) is 5.91 Å². The number of fused-ring (bicyclic) bond motifs is 1. The van der Waals surface area contributed by atoms with Gasteiger partial charge in [-0.3, -0.25) is 9.78 Å². The van der Waals surface area contributed by atoms with E-state index in [1.807, 2.05) is 36.5 Å². The van der Waals surface area contributed by atoms with E-state index in [-0.39, 0.29) is 11.8 Å². The first-order chi connectivity index (χ1) is 16.1. The molecular weight excluding hydrogens is 414 g/mol. The Labute approximate surface area is 194 Å². The van der Waals surface area contributed by atoms with Crippen LogP contribution in [-0.2, 0) is 17.8 Å². The number of hydrogen-bond donors (Lipinski definition) is 2. The lowest BCUT2D eigenvalue weighted by Gasteiger charge is -2.19. The molecule has 6 heteroatoms. The minimum atomic E-state index is -0.150. The lowest BCUT2D eigenvalue weighted by Crippen LogP contribution is -2.25. The number of carbonyl (C=O) groups is 1. The number of H-pyrrole nitrogens is 1. The molecule has 0 aliphatic heterocycles. The third-order valence-electron chi connectivity index (χ3n) is 6.03. The molecule has 6 nitrogen and oxygen atoms in total. The highest BCUT2D eigenvalue weighted by molar-refractivity contribution is 5.88. The van der Waals surface area contributed by atoms with E-state index in [1.165, 1.54) is 5.56 Å². The summed E-state index contributed by atoms with van der Waals surface area (Å²) in [5.74, 6) is 1.14. The third kappa shape index (κ3) is 4.85. The maximum atomic E-state index is 13.0. The van der Waals surface area contributed by atoms with Crippen LogP contribution in [0.1, 0.15) is 41.5 Å². The maximum absolute atomic E-state index is 13.0. The zero-order valence-corrected chi connectivity index (χ0v) is 19.2. The van der Waals surface area contributed by atoms with E-state index in [0.717, 1.165) is 34.0 Å². The van der Waals surface area contributed by atoms with Gasteiger partial charge in [-0.1, -0.05) is 31.2 Å². The number of nitrogens with one attached hydrogen (secondary N) is 2. The normalized spacial score (nSPS) is 11.8. The molecule has 170 valence electrons. The van der Waals surface area contributed by atoms with Gasteiger partial charge in [-0.05, 0) is 52.9 Å². The second kappa shape index (κ2) is 10.2. The molecule has 4 rings (SSSR count). The Balaban J connectivity index is 1.69. The summed E-state index contributed by atoms with van der Waals surface area (Å²) in [7, 11) is 3.24. The molecule has 2 N–H and O–H groups in total. The van der Waals surface area contributed by atoms with Crippen LogP contribution in [0.5, 0.6) is 11.5 Å². The molecule has 33 heavy (non-hydrogen) atoms. The summed E-state index contributed by atoms with van der Waals surface area (Å²) < 4.78 is 11.0. The summed E-state index contributed by atoms with van der Waals surface area (Å²) in [6.45, 7) is 2.61. The molecule has 2 aromatic carbocycles. The lowest BCUT2D eigenvalue weighted by molar-refractivity contribution is -0.121. The summed E-state index contributed by atoms with van der Waals surface area (Å²) in [6, 6.07) is 16.0. The van der Waals surface area contributed by atoms with E-state index < -0.39 is 0 Å². The number of pyridine rings is 1. The van der Waals surface area contributed by atoms with E-state index in [1.54, 1.807) is 26.6 Å². The molecule has 1 atom stereocenters. The molecular formula is C27H29N3O3. The molecule has 2 heterocycles. The van der Waals surface area contributed by atoms with Gasteiger partial charge in [-0.25, -0.2) is 0 Å². The molecule has 0 spiro atoms. The minimum absolute atomic E-state index is 0.0207. The van der Waals surface area contributed by atoms with Crippen LogP contribution in [-0.4, -0.2) is 30.1 Å². The van der Waals surface area contributed by atoms with Crippen LogP contribution in [0, 0.1) is 0 Å². The number of para-hydroxylation sites is 1. The van der Waals surface area contributed by atoms with E-state index in [4.69, 9.17) is 9.47 Å². The summed E-state index contributed by atoms with van der Waals surface area (Å²) in [6.07, 6.45) is 6.73. The van der Waals surface area contributed by atoms with Crippen molar-refractivity contribution in [2.24, 2.45) is 0 Å². The number of aromatic amines is 1. The Morgan fingerprint density at radius 2 is 1.85 bits per heavy atom. The number of nitrogens with zero attached hydrogens (tertiary/aromatic N) is 1. The van der Waals surface area contributed by atoms with Gasteiger partial charge >= 0.3 is 0 Å². The maximum Gasteiger partial charge on any atom is 0.221 e. The quantitative estimate of drug-likeness (QED) is 0.382. The van der Waals surface area contributed by atoms with Crippen molar-refractivity contribution in [3.05, 3.63) is 89.4 Å². The number of amides is 1. The third-order valence-corrected chi connectivity index (χ3v) is 6.03. The lowest BCUT2D eigenvalue weighted by atomic mass is 9.87. The van der Waals surface area contributed by atoms with Gasteiger partial charge in [0.1, 0.15) is 0 Å². The van der Waals surface area contributed by atoms with Crippen molar-refractivity contribution >= 4 is 16.8 Å². The largest absolute Gasteiger partial charge is 0.493 e. The van der Waals surface area contributed by atoms with Gasteiger partial charge in [0.05, 0.1) is 14.2 Å². The van der Waals surface area contributed by atoms with Crippen LogP contribution in [0.2, 0.25) is 0 Å². The van der Waals surface area contributed by atoms with Crippen molar-refractivity contribution in [3.8, 4) is 11.5 Å². The molecule has 0 bridgehead atoms. The number of aromatic nitrogens is 2. The van der Waals surface area contributed by atoms with Gasteiger partial charge in [-0.15, -0.1) is 0 Å². The molecule has 0 unspecified atom stereocenters. The molecule has 0 aliphatic rings. The van der Waals surface area contributed by atoms with Gasteiger partial charge in [0.25, 0.3) is 0 Å². The molecule has 4 aromatic rings. The molecule has 0 saturated carbocycles. The van der Waals surface area contributed by atoms with Crippen LogP contribution < -0.4 is 14.8 Å². The molecule has 0 fully saturated rings. The van der Waals surface area contributed by atoms with Gasteiger partial charge in [0.15, 0.2) is 11.5 Å². The summed E-state index contributed by atoms with van der Waals surface area (Å²) in [5, 5.41) is 4.19. The monoisotopic (exact) mass is 443 g/mol. The number of aryl methyl sites for hydroxylation is 1. The van der Waals surface area contributed by atoms with Crippen LogP contribution >= 0.6 is 0 Å². The fraction of sp³-hybridized carbons (Fsp3) is 0.259. The standard InChI is InChI=1S/C27H29N3O3/c1-4-19-6-5-7-21-23(17-30-27(19)21)22(20-8-9-24(32-2)25(14-20)33-3)15-26(31)29-16-18-10-12-28-13-11-18/h5-14,17,22,30H,4,15-16H2,1-3H3,(H,29,31)/t22-/m1/s1. The second-order valence-corrected chi connectivity index (χ2v) is 7.94. The van der Waals surface area contributed by atoms with Crippen molar-refractivity contribution in [2.45, 2.75) is 32.2 Å². The number of benzene rings is 2. The van der Waals surface area contributed by atoms with Crippen LogP contribution in [0.15, 0.2) is 67.1 Å². The Morgan fingerprint density at radius 3 is 2.58 bits per heavy atom. The molecule has 1 amide bonds. The first-order valence-corrected chi connectivity index (χ1v) is 11.1. The molecule has 0 saturated heterocycles. The molecule has 0 aliphatic carbocycles. The van der Waals surface area contributed by atoms with Crippen molar-refractivity contribution in [2.75, 3.05) is 14.2 Å². The smallest absolute Gasteiger partial charge is 0.221 e. The topological polar surface area (TPSA) is 76.2 Å². The number of hydrogen-bond acceptors (Lipinski definition) is 4. The number of carbonyl (C=O) groups excluding carboxylic acids is 1. The number of rotatable bonds is 9. The van der Waals surface area contributed by atoms with E-state index in [9.17, 15) is 4.79 Å². The highest BCUT2D eigenvalue weighted by Gasteiger charge is 2.23. The number of ether oxygens (including phenoxy) is 2. The zero-order valence-electron chi connectivity index (χ0n) is 19.2. The highest BCUT2D eigenvalue weighted by atomic mass is 16.5. The minimum Gasteiger partial charge on any atom is -0.493 e. The van der Waals surface area contributed by atoms with E-state index in [0.29, 0.717) is 24.5 Å². The van der Waals surface area contributed by atoms with E-state index in [2.05, 4.69) is 40.4 Å². The first kappa shape index (κ1) is 22.4. The average molecular weight is 444 g/mol. The SMILES string of the molecule is CCc1cccc2c([C@H](CC(=O)NCc3ccncc3)c3ccc(OC)c(OC)c3)c[nH]c12. The summed E-state index contributed by atoms with van der Waals surface area (Å²) in [5.41, 5.74) is 5.48. The average Bonchev–Trinajstić information content (AvgIpc) is 3.30. The zero-order chi connectivity index (χ0) is 23.2. The van der Waals surface area contributed by atoms with Gasteiger partial charge < -0.3 is 19.8 Å². The Kier molecular flexibility index (Phi) is 6.93. The van der Waals surface area contributed by atoms with Crippen molar-refractivity contribution in [1.29, 1.82) is 0 Å². The Morgan fingerprint density at radius 1 is 1.06 bits per heavy atom. The fourth-order valence-corrected chi connectivity index (χ4v) is 4.26. The first-order valence-electron chi connectivity index (χ1n) is 11.1. The molecule has 2 aromatic heterocycles. The highest BCUT2D eigenvalue weighted by Crippen LogP contribution is 2.38. The van der Waals surface area contributed by atoms with Crippen molar-refractivity contribution in [3.63, 3.8) is 0 Å². The van der Waals surface area contributed by atoms with E-state index >= 15 is 0 Å². The van der Waals surface area contributed by atoms with Crippen LogP contribution in [0.4, 0.5) is 0 Å². The Bertz CT molecular complexity index is 1230. The fourth-order valence-electron chi connectivity index (χ4n) is 4.26. The second-order valence-electron chi connectivity index (χ2n) is 7.94. The Hall–Kier alpha value is -3.80. The van der Waals surface area contributed by atoms with Crippen molar-refractivity contribution in [1.82, 2.24) is 15.3 Å². The summed E-state index contributed by atoms with van der Waals surface area (Å²) in [4.78, 5) is 20.5.